The van der Waals surface area contributed by atoms with E-state index in [1.54, 1.807) is 5.38 Å². The summed E-state index contributed by atoms with van der Waals surface area (Å²) in [5.41, 5.74) is 1.12. The summed E-state index contributed by atoms with van der Waals surface area (Å²) >= 11 is 6.65. The summed E-state index contributed by atoms with van der Waals surface area (Å²) in [6, 6.07) is 8.90. The van der Waals surface area contributed by atoms with Gasteiger partial charge in [-0.05, 0) is 42.5 Å². The number of thiazole rings is 1. The average molecular weight is 387 g/mol. The van der Waals surface area contributed by atoms with Crippen molar-refractivity contribution in [3.63, 3.8) is 0 Å². The Balaban J connectivity index is 1.87. The molecule has 0 bridgehead atoms. The highest BCUT2D eigenvalue weighted by molar-refractivity contribution is 7.93. The van der Waals surface area contributed by atoms with Crippen LogP contribution < -0.4 is 4.72 Å². The lowest BCUT2D eigenvalue weighted by molar-refractivity contribution is 0.570. The van der Waals surface area contributed by atoms with E-state index in [9.17, 15) is 17.2 Å². The molecule has 3 rings (SSSR count). The molecule has 24 heavy (non-hydrogen) atoms. The predicted molar refractivity (Wildman–Crippen MR) is 89.7 cm³/mol. The highest BCUT2D eigenvalue weighted by atomic mass is 35.5. The van der Waals surface area contributed by atoms with Crippen molar-refractivity contribution in [2.45, 2.75) is 4.90 Å². The monoisotopic (exact) mass is 386 g/mol. The zero-order chi connectivity index (χ0) is 17.3. The van der Waals surface area contributed by atoms with Gasteiger partial charge in [-0.1, -0.05) is 11.6 Å². The second-order valence-electron chi connectivity index (χ2n) is 4.73. The van der Waals surface area contributed by atoms with Crippen molar-refractivity contribution in [3.05, 3.63) is 64.5 Å². The summed E-state index contributed by atoms with van der Waals surface area (Å²) in [6.07, 6.45) is 0. The first-order valence-electron chi connectivity index (χ1n) is 6.54. The van der Waals surface area contributed by atoms with Crippen LogP contribution >= 0.6 is 22.9 Å². The fraction of sp³-hybridized carbons (Fsp3) is 0. The van der Waals surface area contributed by atoms with Gasteiger partial charge in [0.05, 0.1) is 5.69 Å². The Morgan fingerprint density at radius 1 is 1.08 bits per heavy atom. The Hall–Kier alpha value is -2.03. The predicted octanol–water partition coefficient (Wildman–Crippen LogP) is 4.54. The molecule has 0 atom stereocenters. The van der Waals surface area contributed by atoms with Crippen LogP contribution in [-0.2, 0) is 10.0 Å². The van der Waals surface area contributed by atoms with Crippen LogP contribution in [-0.4, -0.2) is 13.4 Å². The summed E-state index contributed by atoms with van der Waals surface area (Å²) in [7, 11) is -4.13. The van der Waals surface area contributed by atoms with Crippen LogP contribution in [0.2, 0.25) is 5.02 Å². The summed E-state index contributed by atoms with van der Waals surface area (Å²) in [4.78, 5) is 3.60. The number of aromatic nitrogens is 1. The van der Waals surface area contributed by atoms with Crippen molar-refractivity contribution in [1.29, 1.82) is 0 Å². The molecule has 0 fully saturated rings. The van der Waals surface area contributed by atoms with Crippen molar-refractivity contribution in [1.82, 2.24) is 4.98 Å². The molecule has 0 aliphatic rings. The quantitative estimate of drug-likeness (QED) is 0.716. The van der Waals surface area contributed by atoms with E-state index >= 15 is 0 Å². The molecule has 0 saturated heterocycles. The average Bonchev–Trinajstić information content (AvgIpc) is 2.95. The Morgan fingerprint density at radius 3 is 2.46 bits per heavy atom. The number of nitrogens with one attached hydrogen (secondary N) is 1. The molecule has 0 amide bonds. The van der Waals surface area contributed by atoms with Gasteiger partial charge in [-0.3, -0.25) is 4.72 Å². The molecule has 0 aliphatic carbocycles. The molecule has 0 saturated carbocycles. The molecular formula is C15H9ClF2N2O2S2. The largest absolute Gasteiger partial charge is 0.266 e. The number of halogens is 3. The van der Waals surface area contributed by atoms with Crippen molar-refractivity contribution >= 4 is 38.1 Å². The van der Waals surface area contributed by atoms with Gasteiger partial charge in [0.25, 0.3) is 10.0 Å². The molecule has 0 aliphatic heterocycles. The van der Waals surface area contributed by atoms with Crippen LogP contribution in [0.3, 0.4) is 0 Å². The molecule has 0 unspecified atom stereocenters. The Kier molecular flexibility index (Phi) is 4.53. The number of benzene rings is 2. The molecule has 0 radical (unpaired) electrons. The Labute approximate surface area is 145 Å². The topological polar surface area (TPSA) is 59.1 Å². The fourth-order valence-electron chi connectivity index (χ4n) is 1.94. The molecule has 0 spiro atoms. The zero-order valence-electron chi connectivity index (χ0n) is 11.8. The normalized spacial score (nSPS) is 11.5. The minimum Gasteiger partial charge on any atom is -0.255 e. The van der Waals surface area contributed by atoms with E-state index in [0.29, 0.717) is 11.3 Å². The first kappa shape index (κ1) is 16.8. The van der Waals surface area contributed by atoms with Crippen LogP contribution in [0, 0.1) is 11.6 Å². The number of hydrogen-bond acceptors (Lipinski definition) is 4. The third-order valence-electron chi connectivity index (χ3n) is 3.05. The zero-order valence-corrected chi connectivity index (χ0v) is 14.2. The van der Waals surface area contributed by atoms with Gasteiger partial charge in [-0.2, -0.15) is 0 Å². The maximum atomic E-state index is 13.8. The highest BCUT2D eigenvalue weighted by Crippen LogP contribution is 2.27. The minimum atomic E-state index is -4.13. The second kappa shape index (κ2) is 6.46. The standard InChI is InChI=1S/C15H9ClF2N2O2S2/c16-10-3-6-14(12(18)7-10)24(21,22)20-15-19-13(8-23-15)9-1-4-11(17)5-2-9/h1-8H,(H,19,20). The molecule has 1 N–H and O–H groups in total. The van der Waals surface area contributed by atoms with E-state index in [4.69, 9.17) is 11.6 Å². The van der Waals surface area contributed by atoms with Crippen LogP contribution in [0.4, 0.5) is 13.9 Å². The van der Waals surface area contributed by atoms with Gasteiger partial charge in [-0.25, -0.2) is 22.2 Å². The molecule has 4 nitrogen and oxygen atoms in total. The molecule has 9 heteroatoms. The van der Waals surface area contributed by atoms with E-state index in [1.165, 1.54) is 30.3 Å². The molecule has 1 aromatic heterocycles. The van der Waals surface area contributed by atoms with Gasteiger partial charge in [0.2, 0.25) is 0 Å². The van der Waals surface area contributed by atoms with Gasteiger partial charge in [0.1, 0.15) is 16.5 Å². The Morgan fingerprint density at radius 2 is 1.79 bits per heavy atom. The van der Waals surface area contributed by atoms with Crippen LogP contribution in [0.15, 0.2) is 52.7 Å². The smallest absolute Gasteiger partial charge is 0.255 e. The molecular weight excluding hydrogens is 378 g/mol. The van der Waals surface area contributed by atoms with Crippen molar-refractivity contribution in [3.8, 4) is 11.3 Å². The lowest BCUT2D eigenvalue weighted by atomic mass is 10.2. The Bertz CT molecular complexity index is 989. The number of rotatable bonds is 4. The van der Waals surface area contributed by atoms with Crippen LogP contribution in [0.5, 0.6) is 0 Å². The van der Waals surface area contributed by atoms with E-state index in [2.05, 4.69) is 9.71 Å². The number of sulfonamides is 1. The van der Waals surface area contributed by atoms with E-state index < -0.39 is 20.7 Å². The van der Waals surface area contributed by atoms with E-state index in [0.717, 1.165) is 23.5 Å². The van der Waals surface area contributed by atoms with Crippen LogP contribution in [0.1, 0.15) is 0 Å². The SMILES string of the molecule is O=S(=O)(Nc1nc(-c2ccc(F)cc2)cs1)c1ccc(Cl)cc1F. The lowest BCUT2D eigenvalue weighted by Crippen LogP contribution is -2.14. The summed E-state index contributed by atoms with van der Waals surface area (Å²) in [5.74, 6) is -1.33. The fourth-order valence-corrected chi connectivity index (χ4v) is 4.13. The van der Waals surface area contributed by atoms with Crippen molar-refractivity contribution in [2.24, 2.45) is 0 Å². The summed E-state index contributed by atoms with van der Waals surface area (Å²) < 4.78 is 53.4. The third kappa shape index (κ3) is 3.55. The number of nitrogens with zero attached hydrogens (tertiary/aromatic N) is 1. The minimum absolute atomic E-state index is 0.0728. The van der Waals surface area contributed by atoms with Crippen molar-refractivity contribution < 1.29 is 17.2 Å². The van der Waals surface area contributed by atoms with E-state index in [-0.39, 0.29) is 16.0 Å². The second-order valence-corrected chi connectivity index (χ2v) is 7.67. The molecule has 2 aromatic carbocycles. The van der Waals surface area contributed by atoms with Crippen LogP contribution in [0.25, 0.3) is 11.3 Å². The first-order chi connectivity index (χ1) is 11.3. The lowest BCUT2D eigenvalue weighted by Gasteiger charge is -2.06. The summed E-state index contributed by atoms with van der Waals surface area (Å²) in [6.45, 7) is 0. The van der Waals surface area contributed by atoms with Gasteiger partial charge < -0.3 is 0 Å². The van der Waals surface area contributed by atoms with E-state index in [1.807, 2.05) is 0 Å². The number of anilines is 1. The van der Waals surface area contributed by atoms with Gasteiger partial charge in [-0.15, -0.1) is 11.3 Å². The van der Waals surface area contributed by atoms with Gasteiger partial charge in [0, 0.05) is 16.0 Å². The summed E-state index contributed by atoms with van der Waals surface area (Å²) in [5, 5.41) is 1.78. The first-order valence-corrected chi connectivity index (χ1v) is 9.28. The highest BCUT2D eigenvalue weighted by Gasteiger charge is 2.21. The van der Waals surface area contributed by atoms with Crippen molar-refractivity contribution in [2.75, 3.05) is 4.72 Å². The number of hydrogen-bond donors (Lipinski definition) is 1. The molecule has 124 valence electrons. The maximum absolute atomic E-state index is 13.8. The molecule has 1 heterocycles. The third-order valence-corrected chi connectivity index (χ3v) is 5.54. The molecule has 3 aromatic rings. The van der Waals surface area contributed by atoms with Gasteiger partial charge in [0.15, 0.2) is 5.13 Å². The maximum Gasteiger partial charge on any atom is 0.266 e. The van der Waals surface area contributed by atoms with Gasteiger partial charge >= 0.3 is 0 Å².